The van der Waals surface area contributed by atoms with Crippen LogP contribution >= 0.6 is 11.3 Å². The highest BCUT2D eigenvalue weighted by molar-refractivity contribution is 7.15. The molecule has 0 radical (unpaired) electrons. The molecule has 1 aliphatic rings. The van der Waals surface area contributed by atoms with Crippen molar-refractivity contribution in [3.8, 4) is 27.5 Å². The fraction of sp³-hybridized carbons (Fsp3) is 0.400. The number of aromatic nitrogens is 2. The van der Waals surface area contributed by atoms with E-state index >= 15 is 0 Å². The molecule has 3 heterocycles. The molecule has 41 heavy (non-hydrogen) atoms. The number of nitrogens with zero attached hydrogens (tertiary/aromatic N) is 3. The molecule has 0 spiro atoms. The second-order valence-corrected chi connectivity index (χ2v) is 12.6. The van der Waals surface area contributed by atoms with Crippen LogP contribution in [0.4, 0.5) is 0 Å². The number of hydrogen-bond donors (Lipinski definition) is 0. The number of thiazole rings is 1. The molecule has 5 rings (SSSR count). The Labute approximate surface area is 247 Å². The molecule has 1 aliphatic heterocycles. The normalized spacial score (nSPS) is 13.7. The van der Waals surface area contributed by atoms with Gasteiger partial charge in [0.15, 0.2) is 0 Å². The van der Waals surface area contributed by atoms with Crippen molar-refractivity contribution in [1.29, 1.82) is 0 Å². The van der Waals surface area contributed by atoms with Gasteiger partial charge in [-0.15, -0.1) is 11.3 Å². The third-order valence-corrected chi connectivity index (χ3v) is 9.05. The predicted octanol–water partition coefficient (Wildman–Crippen LogP) is 7.89. The molecule has 0 N–H and O–H groups in total. The minimum Gasteiger partial charge on any atom is -0.339 e. The number of benzene rings is 2. The zero-order chi connectivity index (χ0) is 29.1. The second kappa shape index (κ2) is 12.6. The average Bonchev–Trinajstić information content (AvgIpc) is 3.38. The third-order valence-electron chi connectivity index (χ3n) is 8.04. The van der Waals surface area contributed by atoms with Crippen molar-refractivity contribution in [2.75, 3.05) is 13.1 Å². The van der Waals surface area contributed by atoms with Gasteiger partial charge in [0.1, 0.15) is 5.01 Å². The number of rotatable bonds is 8. The predicted molar refractivity (Wildman–Crippen MR) is 170 cm³/mol. The van der Waals surface area contributed by atoms with Crippen molar-refractivity contribution in [1.82, 2.24) is 14.5 Å². The lowest BCUT2D eigenvalue weighted by Crippen LogP contribution is -2.38. The summed E-state index contributed by atoms with van der Waals surface area (Å²) >= 11 is 1.53. The molecule has 4 aromatic rings. The Bertz CT molecular complexity index is 1570. The topological polar surface area (TPSA) is 55.2 Å². The smallest absolute Gasteiger partial charge is 0.265 e. The lowest BCUT2D eigenvalue weighted by atomic mass is 9.96. The number of piperidine rings is 1. The fourth-order valence-corrected chi connectivity index (χ4v) is 6.90. The maximum atomic E-state index is 14.7. The Morgan fingerprint density at radius 3 is 2.22 bits per heavy atom. The zero-order valence-electron chi connectivity index (χ0n) is 25.0. The number of carbonyl (C=O) groups is 1. The van der Waals surface area contributed by atoms with Crippen LogP contribution in [0, 0.1) is 12.8 Å². The minimum atomic E-state index is -0.0974. The summed E-state index contributed by atoms with van der Waals surface area (Å²) in [6.07, 6.45) is 5.41. The molecule has 0 unspecified atom stereocenters. The molecule has 2 aromatic carbocycles. The van der Waals surface area contributed by atoms with Gasteiger partial charge in [-0.25, -0.2) is 4.98 Å². The number of para-hydroxylation sites is 1. The number of amides is 1. The molecule has 2 aromatic heterocycles. The van der Waals surface area contributed by atoms with E-state index in [4.69, 9.17) is 4.98 Å². The van der Waals surface area contributed by atoms with E-state index < -0.39 is 0 Å². The SMILES string of the molecule is CCc1cccc(CC)c1-n1c(CC(C)C)c(C(=O)N2CCCCC2)cc(-c2nc(-c3ccccc3)c(C)s2)c1=O. The van der Waals surface area contributed by atoms with E-state index in [-0.39, 0.29) is 17.4 Å². The van der Waals surface area contributed by atoms with Crippen LogP contribution in [-0.4, -0.2) is 33.4 Å². The average molecular weight is 568 g/mol. The Morgan fingerprint density at radius 1 is 0.951 bits per heavy atom. The van der Waals surface area contributed by atoms with Crippen molar-refractivity contribution in [2.45, 2.75) is 73.1 Å². The monoisotopic (exact) mass is 567 g/mol. The number of pyridine rings is 1. The quantitative estimate of drug-likeness (QED) is 0.218. The summed E-state index contributed by atoms with van der Waals surface area (Å²) in [6.45, 7) is 12.1. The molecule has 214 valence electrons. The van der Waals surface area contributed by atoms with Crippen molar-refractivity contribution >= 4 is 17.2 Å². The largest absolute Gasteiger partial charge is 0.339 e. The van der Waals surface area contributed by atoms with Gasteiger partial charge in [-0.2, -0.15) is 0 Å². The lowest BCUT2D eigenvalue weighted by Gasteiger charge is -2.29. The molecule has 0 saturated carbocycles. The Morgan fingerprint density at radius 2 is 1.61 bits per heavy atom. The van der Waals surface area contributed by atoms with Gasteiger partial charge in [-0.3, -0.25) is 14.2 Å². The molecule has 1 saturated heterocycles. The first-order chi connectivity index (χ1) is 19.8. The Hall–Kier alpha value is -3.51. The van der Waals surface area contributed by atoms with Gasteiger partial charge in [0.25, 0.3) is 11.5 Å². The van der Waals surface area contributed by atoms with Crippen LogP contribution in [0.1, 0.15) is 79.0 Å². The molecule has 1 amide bonds. The van der Waals surface area contributed by atoms with Crippen LogP contribution in [-0.2, 0) is 19.3 Å². The first-order valence-electron chi connectivity index (χ1n) is 15.1. The summed E-state index contributed by atoms with van der Waals surface area (Å²) in [6, 6.07) is 18.3. The highest BCUT2D eigenvalue weighted by Crippen LogP contribution is 2.34. The first-order valence-corrected chi connectivity index (χ1v) is 15.9. The van der Waals surface area contributed by atoms with E-state index in [2.05, 4.69) is 52.8 Å². The van der Waals surface area contributed by atoms with Crippen LogP contribution in [0.2, 0.25) is 0 Å². The highest BCUT2D eigenvalue weighted by atomic mass is 32.1. The van der Waals surface area contributed by atoms with Crippen LogP contribution in [0.5, 0.6) is 0 Å². The molecule has 0 aliphatic carbocycles. The summed E-state index contributed by atoms with van der Waals surface area (Å²) in [5.41, 5.74) is 6.93. The van der Waals surface area contributed by atoms with Gasteiger partial charge < -0.3 is 4.90 Å². The lowest BCUT2D eigenvalue weighted by molar-refractivity contribution is 0.0722. The van der Waals surface area contributed by atoms with Crippen molar-refractivity contribution in [3.05, 3.63) is 92.2 Å². The molecule has 5 nitrogen and oxygen atoms in total. The van der Waals surface area contributed by atoms with Gasteiger partial charge in [0, 0.05) is 29.2 Å². The van der Waals surface area contributed by atoms with E-state index in [1.54, 1.807) is 0 Å². The van der Waals surface area contributed by atoms with Crippen molar-refractivity contribution in [2.24, 2.45) is 5.92 Å². The Kier molecular flexibility index (Phi) is 8.88. The van der Waals surface area contributed by atoms with Gasteiger partial charge in [0.2, 0.25) is 0 Å². The highest BCUT2D eigenvalue weighted by Gasteiger charge is 2.28. The van der Waals surface area contributed by atoms with Gasteiger partial charge in [-0.05, 0) is 68.6 Å². The van der Waals surface area contributed by atoms with E-state index in [0.717, 1.165) is 83.8 Å². The van der Waals surface area contributed by atoms with E-state index in [0.29, 0.717) is 22.6 Å². The van der Waals surface area contributed by atoms with Crippen LogP contribution in [0.25, 0.3) is 27.5 Å². The standard InChI is InChI=1S/C35H41N3O2S/c1-6-25-17-14-18-26(7-2)32(25)38-30(21-23(3)4)28(34(39)37-19-12-9-13-20-37)22-29(35(38)40)33-36-31(24(5)41-33)27-15-10-8-11-16-27/h8,10-11,14-18,22-23H,6-7,9,12-13,19-21H2,1-5H3. The summed E-state index contributed by atoms with van der Waals surface area (Å²) in [7, 11) is 0. The number of hydrogen-bond acceptors (Lipinski definition) is 4. The summed E-state index contributed by atoms with van der Waals surface area (Å²) in [4.78, 5) is 37.0. The minimum absolute atomic E-state index is 0.0268. The maximum absolute atomic E-state index is 14.7. The third kappa shape index (κ3) is 5.80. The molecule has 0 bridgehead atoms. The van der Waals surface area contributed by atoms with Crippen LogP contribution < -0.4 is 5.56 Å². The van der Waals surface area contributed by atoms with Gasteiger partial charge in [-0.1, -0.05) is 76.2 Å². The second-order valence-electron chi connectivity index (χ2n) is 11.4. The van der Waals surface area contributed by atoms with Crippen molar-refractivity contribution in [3.63, 3.8) is 0 Å². The first kappa shape index (κ1) is 29.0. The molecule has 0 atom stereocenters. The summed E-state index contributed by atoms with van der Waals surface area (Å²) in [5.74, 6) is 0.295. The van der Waals surface area contributed by atoms with Gasteiger partial charge in [0.05, 0.1) is 22.5 Å². The zero-order valence-corrected chi connectivity index (χ0v) is 25.8. The Balaban J connectivity index is 1.83. The van der Waals surface area contributed by atoms with Gasteiger partial charge >= 0.3 is 0 Å². The molecular formula is C35H41N3O2S. The molecule has 1 fully saturated rings. The van der Waals surface area contributed by atoms with Crippen molar-refractivity contribution < 1.29 is 4.79 Å². The van der Waals surface area contributed by atoms with E-state index in [1.165, 1.54) is 11.3 Å². The fourth-order valence-electron chi connectivity index (χ4n) is 5.96. The molecule has 6 heteroatoms. The van der Waals surface area contributed by atoms with Crippen LogP contribution in [0.15, 0.2) is 59.4 Å². The van der Waals surface area contributed by atoms with E-state index in [9.17, 15) is 9.59 Å². The summed E-state index contributed by atoms with van der Waals surface area (Å²) < 4.78 is 1.89. The summed E-state index contributed by atoms with van der Waals surface area (Å²) in [5, 5.41) is 0.663. The van der Waals surface area contributed by atoms with Crippen LogP contribution in [0.3, 0.4) is 0 Å². The number of likely N-dealkylation sites (tertiary alicyclic amines) is 1. The maximum Gasteiger partial charge on any atom is 0.265 e. The van der Waals surface area contributed by atoms with E-state index in [1.807, 2.05) is 45.9 Å². The number of aryl methyl sites for hydroxylation is 3. The number of carbonyl (C=O) groups excluding carboxylic acids is 1. The molecular weight excluding hydrogens is 526 g/mol.